The van der Waals surface area contributed by atoms with Gasteiger partial charge >= 0.3 is 0 Å². The van der Waals surface area contributed by atoms with Gasteiger partial charge in [0, 0.05) is 33.5 Å². The van der Waals surface area contributed by atoms with Crippen molar-refractivity contribution in [2.45, 2.75) is 0 Å². The molecule has 0 saturated carbocycles. The van der Waals surface area contributed by atoms with E-state index in [4.69, 9.17) is 9.47 Å². The number of aromatic nitrogens is 1. The third-order valence-electron chi connectivity index (χ3n) is 2.45. The van der Waals surface area contributed by atoms with Crippen molar-refractivity contribution in [3.8, 4) is 0 Å². The standard InChI is InChI=1S/C13H19N3O4/c1-19-8-6-15-12(17)10-4-3-5-14-11(10)13(18)16-7-9-20-2/h3-5H,6-9H2,1-2H3,(H,15,17)(H,16,18). The summed E-state index contributed by atoms with van der Waals surface area (Å²) < 4.78 is 9.69. The van der Waals surface area contributed by atoms with Crippen LogP contribution in [-0.2, 0) is 9.47 Å². The monoisotopic (exact) mass is 281 g/mol. The number of carbonyl (C=O) groups is 2. The number of rotatable bonds is 8. The minimum absolute atomic E-state index is 0.0959. The Morgan fingerprint density at radius 1 is 1.10 bits per heavy atom. The predicted molar refractivity (Wildman–Crippen MR) is 72.7 cm³/mol. The van der Waals surface area contributed by atoms with Crippen molar-refractivity contribution in [3.63, 3.8) is 0 Å². The minimum Gasteiger partial charge on any atom is -0.383 e. The molecule has 1 heterocycles. The van der Waals surface area contributed by atoms with Gasteiger partial charge in [0.2, 0.25) is 0 Å². The fourth-order valence-electron chi connectivity index (χ4n) is 1.48. The zero-order valence-corrected chi connectivity index (χ0v) is 11.6. The largest absolute Gasteiger partial charge is 0.383 e. The lowest BCUT2D eigenvalue weighted by atomic mass is 10.1. The van der Waals surface area contributed by atoms with Gasteiger partial charge in [-0.25, -0.2) is 0 Å². The maximum absolute atomic E-state index is 12.0. The lowest BCUT2D eigenvalue weighted by Crippen LogP contribution is -2.33. The zero-order chi connectivity index (χ0) is 14.8. The van der Waals surface area contributed by atoms with Crippen molar-refractivity contribution in [2.75, 3.05) is 40.5 Å². The van der Waals surface area contributed by atoms with Crippen LogP contribution >= 0.6 is 0 Å². The Kier molecular flexibility index (Phi) is 7.23. The molecule has 0 atom stereocenters. The van der Waals surface area contributed by atoms with Crippen molar-refractivity contribution in [2.24, 2.45) is 0 Å². The van der Waals surface area contributed by atoms with Crippen LogP contribution in [0, 0.1) is 0 Å². The van der Waals surface area contributed by atoms with E-state index in [1.54, 1.807) is 26.4 Å². The van der Waals surface area contributed by atoms with E-state index in [2.05, 4.69) is 15.6 Å². The Morgan fingerprint density at radius 3 is 2.30 bits per heavy atom. The van der Waals surface area contributed by atoms with Gasteiger partial charge in [0.25, 0.3) is 11.8 Å². The molecule has 0 fully saturated rings. The first-order valence-electron chi connectivity index (χ1n) is 6.20. The van der Waals surface area contributed by atoms with Crippen LogP contribution < -0.4 is 10.6 Å². The van der Waals surface area contributed by atoms with Gasteiger partial charge in [-0.1, -0.05) is 0 Å². The van der Waals surface area contributed by atoms with Crippen molar-refractivity contribution in [1.29, 1.82) is 0 Å². The van der Waals surface area contributed by atoms with Crippen molar-refractivity contribution in [1.82, 2.24) is 15.6 Å². The number of hydrogen-bond acceptors (Lipinski definition) is 5. The summed E-state index contributed by atoms with van der Waals surface area (Å²) in [7, 11) is 3.09. The fraction of sp³-hybridized carbons (Fsp3) is 0.462. The molecule has 7 nitrogen and oxygen atoms in total. The Hall–Kier alpha value is -1.99. The van der Waals surface area contributed by atoms with Crippen LogP contribution in [0.2, 0.25) is 0 Å². The number of amides is 2. The average Bonchev–Trinajstić information content (AvgIpc) is 2.47. The Bertz CT molecular complexity index is 410. The Morgan fingerprint density at radius 2 is 1.70 bits per heavy atom. The summed E-state index contributed by atoms with van der Waals surface area (Å²) in [6.07, 6.45) is 1.47. The SMILES string of the molecule is COCCNC(=O)c1cccnc1C(=O)NCCOC. The molecule has 1 aromatic heterocycles. The molecule has 0 unspecified atom stereocenters. The number of methoxy groups -OCH3 is 2. The fourth-order valence-corrected chi connectivity index (χ4v) is 1.48. The van der Waals surface area contributed by atoms with E-state index in [-0.39, 0.29) is 17.2 Å². The van der Waals surface area contributed by atoms with Gasteiger partial charge < -0.3 is 20.1 Å². The third kappa shape index (κ3) is 4.94. The number of nitrogens with one attached hydrogen (secondary N) is 2. The number of pyridine rings is 1. The molecule has 0 spiro atoms. The van der Waals surface area contributed by atoms with Crippen molar-refractivity contribution in [3.05, 3.63) is 29.6 Å². The number of hydrogen-bond donors (Lipinski definition) is 2. The Labute approximate surface area is 117 Å². The zero-order valence-electron chi connectivity index (χ0n) is 11.6. The molecular formula is C13H19N3O4. The van der Waals surface area contributed by atoms with Gasteiger partial charge in [-0.3, -0.25) is 14.6 Å². The first-order chi connectivity index (χ1) is 9.70. The average molecular weight is 281 g/mol. The van der Waals surface area contributed by atoms with Crippen LogP contribution in [0.4, 0.5) is 0 Å². The van der Waals surface area contributed by atoms with Crippen LogP contribution in [0.3, 0.4) is 0 Å². The molecule has 1 rings (SSSR count). The summed E-state index contributed by atoms with van der Waals surface area (Å²) in [4.78, 5) is 27.9. The second-order valence-corrected chi connectivity index (χ2v) is 3.90. The Balaban J connectivity index is 2.71. The van der Waals surface area contributed by atoms with Crippen molar-refractivity contribution < 1.29 is 19.1 Å². The molecule has 110 valence electrons. The molecule has 0 aliphatic carbocycles. The highest BCUT2D eigenvalue weighted by Crippen LogP contribution is 2.05. The summed E-state index contributed by atoms with van der Waals surface area (Å²) in [5.74, 6) is -0.758. The first-order valence-corrected chi connectivity index (χ1v) is 6.20. The van der Waals surface area contributed by atoms with Gasteiger partial charge in [0.05, 0.1) is 18.8 Å². The second-order valence-electron chi connectivity index (χ2n) is 3.90. The summed E-state index contributed by atoms with van der Waals surface area (Å²) in [5.41, 5.74) is 0.331. The molecule has 20 heavy (non-hydrogen) atoms. The maximum atomic E-state index is 12.0. The minimum atomic E-state index is -0.403. The molecule has 2 N–H and O–H groups in total. The van der Waals surface area contributed by atoms with Crippen LogP contribution in [0.5, 0.6) is 0 Å². The molecule has 0 bridgehead atoms. The van der Waals surface area contributed by atoms with E-state index in [9.17, 15) is 9.59 Å². The molecule has 0 aliphatic heterocycles. The van der Waals surface area contributed by atoms with Gasteiger partial charge in [-0.2, -0.15) is 0 Å². The molecule has 0 aliphatic rings. The lowest BCUT2D eigenvalue weighted by Gasteiger charge is -2.09. The van der Waals surface area contributed by atoms with Crippen molar-refractivity contribution >= 4 is 11.8 Å². The molecule has 7 heteroatoms. The van der Waals surface area contributed by atoms with Gasteiger partial charge in [0.1, 0.15) is 5.69 Å². The molecular weight excluding hydrogens is 262 g/mol. The highest BCUT2D eigenvalue weighted by molar-refractivity contribution is 6.05. The van der Waals surface area contributed by atoms with E-state index < -0.39 is 5.91 Å². The molecule has 0 aromatic carbocycles. The third-order valence-corrected chi connectivity index (χ3v) is 2.45. The highest BCUT2D eigenvalue weighted by Gasteiger charge is 2.17. The number of carbonyl (C=O) groups excluding carboxylic acids is 2. The molecule has 0 radical (unpaired) electrons. The van der Waals surface area contributed by atoms with E-state index >= 15 is 0 Å². The topological polar surface area (TPSA) is 89.5 Å². The van der Waals surface area contributed by atoms with E-state index in [0.717, 1.165) is 0 Å². The van der Waals surface area contributed by atoms with Crippen LogP contribution in [0.15, 0.2) is 18.3 Å². The van der Waals surface area contributed by atoms with Gasteiger partial charge in [-0.15, -0.1) is 0 Å². The first kappa shape index (κ1) is 16.1. The molecule has 1 aromatic rings. The summed E-state index contributed by atoms with van der Waals surface area (Å²) >= 11 is 0. The predicted octanol–water partition coefficient (Wildman–Crippen LogP) is -0.166. The second kappa shape index (κ2) is 9.00. The molecule has 0 saturated heterocycles. The number of ether oxygens (including phenoxy) is 2. The van der Waals surface area contributed by atoms with E-state index in [1.807, 2.05) is 0 Å². The highest BCUT2D eigenvalue weighted by atomic mass is 16.5. The van der Waals surface area contributed by atoms with E-state index in [0.29, 0.717) is 26.3 Å². The summed E-state index contributed by atoms with van der Waals surface area (Å²) in [6.45, 7) is 1.53. The quantitative estimate of drug-likeness (QED) is 0.646. The normalized spacial score (nSPS) is 10.1. The number of nitrogens with zero attached hydrogens (tertiary/aromatic N) is 1. The molecule has 2 amide bonds. The summed E-state index contributed by atoms with van der Waals surface area (Å²) in [5, 5.41) is 5.29. The van der Waals surface area contributed by atoms with Gasteiger partial charge in [-0.05, 0) is 12.1 Å². The van der Waals surface area contributed by atoms with Gasteiger partial charge in [0.15, 0.2) is 0 Å². The summed E-state index contributed by atoms with van der Waals surface area (Å²) in [6, 6.07) is 3.16. The maximum Gasteiger partial charge on any atom is 0.270 e. The van der Waals surface area contributed by atoms with Crippen LogP contribution in [-0.4, -0.2) is 57.3 Å². The lowest BCUT2D eigenvalue weighted by molar-refractivity contribution is 0.0899. The van der Waals surface area contributed by atoms with E-state index in [1.165, 1.54) is 6.20 Å². The van der Waals surface area contributed by atoms with Crippen LogP contribution in [0.1, 0.15) is 20.8 Å². The smallest absolute Gasteiger partial charge is 0.270 e. The van der Waals surface area contributed by atoms with Crippen LogP contribution in [0.25, 0.3) is 0 Å².